The maximum atomic E-state index is 12.0. The first-order valence-corrected chi connectivity index (χ1v) is 8.43. The van der Waals surface area contributed by atoms with Gasteiger partial charge in [-0.15, -0.1) is 0 Å². The highest BCUT2D eigenvalue weighted by atomic mass is 79.9. The lowest BCUT2D eigenvalue weighted by atomic mass is 10.0. The number of rotatable bonds is 5. The average Bonchev–Trinajstić information content (AvgIpc) is 2.50. The molecule has 0 saturated carbocycles. The molecule has 122 valence electrons. The van der Waals surface area contributed by atoms with Crippen molar-refractivity contribution in [2.75, 3.05) is 6.61 Å². The first-order valence-electron chi connectivity index (χ1n) is 7.26. The third-order valence-corrected chi connectivity index (χ3v) is 4.41. The van der Waals surface area contributed by atoms with Gasteiger partial charge in [0.1, 0.15) is 11.5 Å². The van der Waals surface area contributed by atoms with E-state index in [0.29, 0.717) is 16.5 Å². The van der Waals surface area contributed by atoms with Crippen LogP contribution in [-0.4, -0.2) is 12.6 Å². The van der Waals surface area contributed by atoms with Gasteiger partial charge in [0.2, 0.25) is 0 Å². The minimum absolute atomic E-state index is 0.158. The monoisotopic (exact) mass is 396 g/mol. The summed E-state index contributed by atoms with van der Waals surface area (Å²) in [4.78, 5) is 12.0. The van der Waals surface area contributed by atoms with Crippen LogP contribution in [0.4, 0.5) is 0 Å². The summed E-state index contributed by atoms with van der Waals surface area (Å²) in [5.74, 6) is 0.947. The molecule has 2 aromatic rings. The molecule has 5 heteroatoms. The van der Waals surface area contributed by atoms with Crippen molar-refractivity contribution < 1.29 is 14.3 Å². The molecule has 0 aliphatic heterocycles. The molecule has 0 saturated heterocycles. The molecule has 2 aromatic carbocycles. The lowest BCUT2D eigenvalue weighted by Gasteiger charge is -2.15. The first-order chi connectivity index (χ1) is 10.9. The van der Waals surface area contributed by atoms with Crippen molar-refractivity contribution in [3.05, 3.63) is 57.0 Å². The number of ether oxygens (including phenoxy) is 2. The zero-order valence-electron chi connectivity index (χ0n) is 13.2. The molecule has 0 unspecified atom stereocenters. The molecule has 0 aliphatic carbocycles. The Morgan fingerprint density at radius 1 is 1.22 bits per heavy atom. The minimum atomic E-state index is -0.441. The van der Waals surface area contributed by atoms with Crippen LogP contribution in [0.1, 0.15) is 30.9 Å². The Hall–Kier alpha value is -1.52. The summed E-state index contributed by atoms with van der Waals surface area (Å²) in [6.07, 6.45) is 0. The third-order valence-electron chi connectivity index (χ3n) is 3.31. The van der Waals surface area contributed by atoms with Crippen molar-refractivity contribution in [3.8, 4) is 11.5 Å². The van der Waals surface area contributed by atoms with E-state index in [9.17, 15) is 4.79 Å². The van der Waals surface area contributed by atoms with Gasteiger partial charge in [-0.1, -0.05) is 41.4 Å². The van der Waals surface area contributed by atoms with Crippen molar-refractivity contribution in [2.24, 2.45) is 0 Å². The van der Waals surface area contributed by atoms with Crippen molar-refractivity contribution >= 4 is 33.5 Å². The molecule has 2 rings (SSSR count). The van der Waals surface area contributed by atoms with E-state index in [2.05, 4.69) is 29.8 Å². The number of hydrogen-bond acceptors (Lipinski definition) is 3. The molecule has 0 radical (unpaired) electrons. The number of hydrogen-bond donors (Lipinski definition) is 0. The highest BCUT2D eigenvalue weighted by Crippen LogP contribution is 2.32. The van der Waals surface area contributed by atoms with Gasteiger partial charge >= 0.3 is 5.97 Å². The Balaban J connectivity index is 2.05. The van der Waals surface area contributed by atoms with Gasteiger partial charge in [-0.05, 0) is 60.4 Å². The number of halogens is 2. The molecule has 0 atom stereocenters. The van der Waals surface area contributed by atoms with Crippen molar-refractivity contribution in [1.82, 2.24) is 0 Å². The summed E-state index contributed by atoms with van der Waals surface area (Å²) in [5.41, 5.74) is 1.98. The smallest absolute Gasteiger partial charge is 0.349 e. The molecule has 0 bridgehead atoms. The van der Waals surface area contributed by atoms with Crippen LogP contribution in [0.5, 0.6) is 11.5 Å². The number of esters is 1. The second-order valence-corrected chi connectivity index (χ2v) is 6.80. The summed E-state index contributed by atoms with van der Waals surface area (Å²) in [6, 6.07) is 10.7. The Morgan fingerprint density at radius 2 is 1.87 bits per heavy atom. The predicted octanol–water partition coefficient (Wildman–Crippen LogP) is 5.52. The van der Waals surface area contributed by atoms with E-state index in [1.165, 1.54) is 0 Å². The quantitative estimate of drug-likeness (QED) is 0.492. The zero-order chi connectivity index (χ0) is 17.0. The molecular weight excluding hydrogens is 380 g/mol. The fraction of sp³-hybridized carbons (Fsp3) is 0.278. The lowest BCUT2D eigenvalue weighted by molar-refractivity contribution is -0.136. The minimum Gasteiger partial charge on any atom is -0.482 e. The fourth-order valence-corrected chi connectivity index (χ4v) is 2.52. The second-order valence-electron chi connectivity index (χ2n) is 5.51. The zero-order valence-corrected chi connectivity index (χ0v) is 15.6. The highest BCUT2D eigenvalue weighted by Gasteiger charge is 2.14. The molecule has 0 fully saturated rings. The fourth-order valence-electron chi connectivity index (χ4n) is 2.04. The number of carbonyl (C=O) groups is 1. The van der Waals surface area contributed by atoms with E-state index in [1.54, 1.807) is 24.3 Å². The predicted molar refractivity (Wildman–Crippen MR) is 95.6 cm³/mol. The molecular formula is C18H18BrClO3. The Bertz CT molecular complexity index is 696. The Morgan fingerprint density at radius 3 is 2.48 bits per heavy atom. The standard InChI is InChI=1S/C18H18BrClO3/c1-11(2)15-9-16(19)12(3)8-17(15)23-18(21)10-22-14-6-4-13(20)5-7-14/h4-9,11H,10H2,1-3H3. The SMILES string of the molecule is Cc1cc(OC(=O)COc2ccc(Cl)cc2)c(C(C)C)cc1Br. The van der Waals surface area contributed by atoms with Crippen molar-refractivity contribution in [3.63, 3.8) is 0 Å². The van der Waals surface area contributed by atoms with Gasteiger partial charge in [-0.3, -0.25) is 0 Å². The summed E-state index contributed by atoms with van der Waals surface area (Å²) in [7, 11) is 0. The van der Waals surface area contributed by atoms with Crippen molar-refractivity contribution in [1.29, 1.82) is 0 Å². The molecule has 0 amide bonds. The van der Waals surface area contributed by atoms with Crippen LogP contribution >= 0.6 is 27.5 Å². The Labute approximate surface area is 149 Å². The highest BCUT2D eigenvalue weighted by molar-refractivity contribution is 9.10. The Kier molecular flexibility index (Phi) is 6.08. The van der Waals surface area contributed by atoms with Crippen LogP contribution < -0.4 is 9.47 Å². The van der Waals surface area contributed by atoms with E-state index in [4.69, 9.17) is 21.1 Å². The van der Waals surface area contributed by atoms with Gasteiger partial charge in [0, 0.05) is 9.50 Å². The van der Waals surface area contributed by atoms with Crippen LogP contribution in [0.15, 0.2) is 40.9 Å². The van der Waals surface area contributed by atoms with Crippen LogP contribution in [0.2, 0.25) is 5.02 Å². The van der Waals surface area contributed by atoms with Crippen LogP contribution in [-0.2, 0) is 4.79 Å². The topological polar surface area (TPSA) is 35.5 Å². The molecule has 0 spiro atoms. The van der Waals surface area contributed by atoms with Gasteiger partial charge in [0.25, 0.3) is 0 Å². The number of carbonyl (C=O) groups excluding carboxylic acids is 1. The first kappa shape index (κ1) is 17.8. The van der Waals surface area contributed by atoms with Gasteiger partial charge in [0.15, 0.2) is 6.61 Å². The number of benzene rings is 2. The van der Waals surface area contributed by atoms with Gasteiger partial charge in [-0.25, -0.2) is 4.79 Å². The number of aryl methyl sites for hydroxylation is 1. The van der Waals surface area contributed by atoms with Gasteiger partial charge < -0.3 is 9.47 Å². The van der Waals surface area contributed by atoms with E-state index in [0.717, 1.165) is 15.6 Å². The molecule has 0 aromatic heterocycles. The lowest BCUT2D eigenvalue weighted by Crippen LogP contribution is -2.18. The van der Waals surface area contributed by atoms with E-state index in [1.807, 2.05) is 19.1 Å². The van der Waals surface area contributed by atoms with Crippen LogP contribution in [0.3, 0.4) is 0 Å². The maximum absolute atomic E-state index is 12.0. The normalized spacial score (nSPS) is 10.7. The van der Waals surface area contributed by atoms with Gasteiger partial charge in [-0.2, -0.15) is 0 Å². The molecule has 3 nitrogen and oxygen atoms in total. The van der Waals surface area contributed by atoms with Crippen molar-refractivity contribution in [2.45, 2.75) is 26.7 Å². The van der Waals surface area contributed by atoms with E-state index >= 15 is 0 Å². The summed E-state index contributed by atoms with van der Waals surface area (Å²) < 4.78 is 11.9. The molecule has 23 heavy (non-hydrogen) atoms. The summed E-state index contributed by atoms with van der Waals surface area (Å²) in [6.45, 7) is 5.90. The summed E-state index contributed by atoms with van der Waals surface area (Å²) in [5, 5.41) is 0.617. The van der Waals surface area contributed by atoms with Crippen LogP contribution in [0.25, 0.3) is 0 Å². The second kappa shape index (κ2) is 7.84. The van der Waals surface area contributed by atoms with Gasteiger partial charge in [0.05, 0.1) is 0 Å². The summed E-state index contributed by atoms with van der Waals surface area (Å²) >= 11 is 9.31. The van der Waals surface area contributed by atoms with Crippen LogP contribution in [0, 0.1) is 6.92 Å². The average molecular weight is 398 g/mol. The third kappa shape index (κ3) is 4.98. The molecule has 0 N–H and O–H groups in total. The van der Waals surface area contributed by atoms with E-state index in [-0.39, 0.29) is 12.5 Å². The molecule has 0 aliphatic rings. The maximum Gasteiger partial charge on any atom is 0.349 e. The van der Waals surface area contributed by atoms with E-state index < -0.39 is 5.97 Å². The largest absolute Gasteiger partial charge is 0.482 e. The molecule has 0 heterocycles.